The van der Waals surface area contributed by atoms with E-state index >= 15 is 0 Å². The van der Waals surface area contributed by atoms with E-state index in [1.165, 1.54) is 0 Å². The van der Waals surface area contributed by atoms with Crippen molar-refractivity contribution in [2.24, 2.45) is 5.41 Å². The maximum absolute atomic E-state index is 5.67. The highest BCUT2D eigenvalue weighted by molar-refractivity contribution is 5.38. The van der Waals surface area contributed by atoms with Gasteiger partial charge in [-0.3, -0.25) is 0 Å². The molecular formula is C24H39NO4. The Kier molecular flexibility index (Phi) is 13.4. The molecule has 0 amide bonds. The molecule has 5 heteroatoms. The Labute approximate surface area is 177 Å². The van der Waals surface area contributed by atoms with Crippen LogP contribution >= 0.6 is 0 Å². The molecule has 29 heavy (non-hydrogen) atoms. The van der Waals surface area contributed by atoms with Gasteiger partial charge in [-0.05, 0) is 58.4 Å². The quantitative estimate of drug-likeness (QED) is 0.354. The molecule has 0 spiro atoms. The van der Waals surface area contributed by atoms with E-state index in [1.807, 2.05) is 24.3 Å². The van der Waals surface area contributed by atoms with Gasteiger partial charge in [0.2, 0.25) is 0 Å². The summed E-state index contributed by atoms with van der Waals surface area (Å²) in [5.41, 5.74) is 1.00. The maximum Gasteiger partial charge on any atom is 0.119 e. The molecule has 5 nitrogen and oxygen atoms in total. The third-order valence-electron chi connectivity index (χ3n) is 4.03. The summed E-state index contributed by atoms with van der Waals surface area (Å²) < 4.78 is 22.2. The molecule has 0 fully saturated rings. The second-order valence-corrected chi connectivity index (χ2v) is 7.97. The number of rotatable bonds is 15. The van der Waals surface area contributed by atoms with Crippen LogP contribution < -0.4 is 10.1 Å². The number of nitrogens with one attached hydrogen (secondary N) is 1. The first-order chi connectivity index (χ1) is 13.9. The Bertz CT molecular complexity index is 584. The van der Waals surface area contributed by atoms with E-state index in [9.17, 15) is 0 Å². The molecule has 1 N–H and O–H groups in total. The highest BCUT2D eigenvalue weighted by atomic mass is 16.6. The second-order valence-electron chi connectivity index (χ2n) is 7.97. The van der Waals surface area contributed by atoms with Crippen molar-refractivity contribution in [3.8, 4) is 17.6 Å². The van der Waals surface area contributed by atoms with Crippen molar-refractivity contribution in [1.29, 1.82) is 0 Å². The molecular weight excluding hydrogens is 366 g/mol. The first-order valence-electron chi connectivity index (χ1n) is 10.6. The lowest BCUT2D eigenvalue weighted by Gasteiger charge is -2.11. The monoisotopic (exact) mass is 405 g/mol. The summed E-state index contributed by atoms with van der Waals surface area (Å²) in [5, 5.41) is 3.38. The fraction of sp³-hybridized carbons (Fsp3) is 0.667. The summed E-state index contributed by atoms with van der Waals surface area (Å²) in [4.78, 5) is 0. The van der Waals surface area contributed by atoms with E-state index in [1.54, 1.807) is 0 Å². The Balaban J connectivity index is 1.95. The van der Waals surface area contributed by atoms with Crippen LogP contribution in [0.15, 0.2) is 24.3 Å². The van der Waals surface area contributed by atoms with Gasteiger partial charge < -0.3 is 24.3 Å². The largest absolute Gasteiger partial charge is 0.491 e. The SMILES string of the molecule is CCC(C)NCCOCCOCCOCCOc1ccc(C#CC(C)(C)C)cc1. The zero-order valence-electron chi connectivity index (χ0n) is 18.9. The van der Waals surface area contributed by atoms with E-state index < -0.39 is 0 Å². The minimum atomic E-state index is 0.00773. The minimum Gasteiger partial charge on any atom is -0.491 e. The molecule has 0 aromatic heterocycles. The van der Waals surface area contributed by atoms with E-state index in [0.29, 0.717) is 52.3 Å². The molecule has 0 radical (unpaired) electrons. The Morgan fingerprint density at radius 2 is 1.41 bits per heavy atom. The van der Waals surface area contributed by atoms with Crippen molar-refractivity contribution in [2.45, 2.75) is 47.1 Å². The van der Waals surface area contributed by atoms with Crippen molar-refractivity contribution in [3.05, 3.63) is 29.8 Å². The lowest BCUT2D eigenvalue weighted by atomic mass is 9.97. The van der Waals surface area contributed by atoms with E-state index in [-0.39, 0.29) is 5.41 Å². The lowest BCUT2D eigenvalue weighted by Crippen LogP contribution is -2.29. The van der Waals surface area contributed by atoms with Crippen LogP contribution in [0.5, 0.6) is 5.75 Å². The fourth-order valence-electron chi connectivity index (χ4n) is 2.18. The van der Waals surface area contributed by atoms with Gasteiger partial charge in [0.15, 0.2) is 0 Å². The molecule has 0 saturated carbocycles. The topological polar surface area (TPSA) is 49.0 Å². The van der Waals surface area contributed by atoms with Gasteiger partial charge in [-0.2, -0.15) is 0 Å². The van der Waals surface area contributed by atoms with Crippen LogP contribution in [0.4, 0.5) is 0 Å². The summed E-state index contributed by atoms with van der Waals surface area (Å²) in [7, 11) is 0. The lowest BCUT2D eigenvalue weighted by molar-refractivity contribution is 0.00966. The van der Waals surface area contributed by atoms with E-state index in [2.05, 4.69) is 51.8 Å². The molecule has 0 aliphatic carbocycles. The molecule has 164 valence electrons. The van der Waals surface area contributed by atoms with Gasteiger partial charge in [0, 0.05) is 23.6 Å². The number of benzene rings is 1. The molecule has 1 aromatic rings. The molecule has 0 aliphatic rings. The summed E-state index contributed by atoms with van der Waals surface area (Å²) in [6.45, 7) is 15.6. The Hall–Kier alpha value is -1.58. The second kappa shape index (κ2) is 15.3. The predicted octanol–water partition coefficient (Wildman–Crippen LogP) is 3.90. The molecule has 1 atom stereocenters. The van der Waals surface area contributed by atoms with Crippen molar-refractivity contribution in [2.75, 3.05) is 52.8 Å². The average molecular weight is 406 g/mol. The Morgan fingerprint density at radius 1 is 0.862 bits per heavy atom. The normalized spacial score (nSPS) is 12.3. The summed E-state index contributed by atoms with van der Waals surface area (Å²) in [5.74, 6) is 7.23. The number of hydrogen-bond donors (Lipinski definition) is 1. The third-order valence-corrected chi connectivity index (χ3v) is 4.03. The zero-order chi connectivity index (χ0) is 21.4. The van der Waals surface area contributed by atoms with Crippen LogP contribution in [0.25, 0.3) is 0 Å². The molecule has 0 heterocycles. The predicted molar refractivity (Wildman–Crippen MR) is 118 cm³/mol. The zero-order valence-corrected chi connectivity index (χ0v) is 18.9. The van der Waals surface area contributed by atoms with Crippen LogP contribution in [0.2, 0.25) is 0 Å². The van der Waals surface area contributed by atoms with Crippen molar-refractivity contribution >= 4 is 0 Å². The highest BCUT2D eigenvalue weighted by Crippen LogP contribution is 2.13. The van der Waals surface area contributed by atoms with Crippen molar-refractivity contribution in [3.63, 3.8) is 0 Å². The molecule has 1 aromatic carbocycles. The van der Waals surface area contributed by atoms with Crippen molar-refractivity contribution < 1.29 is 18.9 Å². The van der Waals surface area contributed by atoms with Gasteiger partial charge >= 0.3 is 0 Å². The molecule has 0 aliphatic heterocycles. The van der Waals surface area contributed by atoms with Gasteiger partial charge in [0.1, 0.15) is 12.4 Å². The first-order valence-corrected chi connectivity index (χ1v) is 10.6. The summed E-state index contributed by atoms with van der Waals surface area (Å²) in [6, 6.07) is 8.38. The van der Waals surface area contributed by atoms with Gasteiger partial charge in [0.25, 0.3) is 0 Å². The van der Waals surface area contributed by atoms with Gasteiger partial charge in [-0.1, -0.05) is 18.8 Å². The summed E-state index contributed by atoms with van der Waals surface area (Å²) in [6.07, 6.45) is 1.13. The van der Waals surface area contributed by atoms with Crippen LogP contribution in [-0.2, 0) is 14.2 Å². The molecule has 0 saturated heterocycles. The number of hydrogen-bond acceptors (Lipinski definition) is 5. The van der Waals surface area contributed by atoms with Gasteiger partial charge in [-0.15, -0.1) is 0 Å². The summed E-state index contributed by atoms with van der Waals surface area (Å²) >= 11 is 0. The molecule has 0 bridgehead atoms. The smallest absolute Gasteiger partial charge is 0.119 e. The average Bonchev–Trinajstić information content (AvgIpc) is 2.70. The fourth-order valence-corrected chi connectivity index (χ4v) is 2.18. The van der Waals surface area contributed by atoms with Gasteiger partial charge in [-0.25, -0.2) is 0 Å². The van der Waals surface area contributed by atoms with Crippen LogP contribution in [0.3, 0.4) is 0 Å². The van der Waals surface area contributed by atoms with Crippen molar-refractivity contribution in [1.82, 2.24) is 5.32 Å². The van der Waals surface area contributed by atoms with E-state index in [4.69, 9.17) is 18.9 Å². The van der Waals surface area contributed by atoms with Crippen LogP contribution in [0, 0.1) is 17.3 Å². The minimum absolute atomic E-state index is 0.00773. The van der Waals surface area contributed by atoms with Crippen LogP contribution in [0.1, 0.15) is 46.6 Å². The standard InChI is InChI=1S/C24H39NO4/c1-6-21(2)25-13-14-26-15-16-27-17-18-28-19-20-29-23-9-7-22(8-10-23)11-12-24(3,4)5/h7-10,21,25H,6,13-20H2,1-5H3. The van der Waals surface area contributed by atoms with E-state index in [0.717, 1.165) is 24.3 Å². The Morgan fingerprint density at radius 3 is 1.97 bits per heavy atom. The number of ether oxygens (including phenoxy) is 4. The molecule has 1 unspecified atom stereocenters. The van der Waals surface area contributed by atoms with Crippen LogP contribution in [-0.4, -0.2) is 58.8 Å². The van der Waals surface area contributed by atoms with Gasteiger partial charge in [0.05, 0.1) is 39.6 Å². The third kappa shape index (κ3) is 15.0. The highest BCUT2D eigenvalue weighted by Gasteiger charge is 2.03. The first kappa shape index (κ1) is 25.5. The molecule has 1 rings (SSSR count). The maximum atomic E-state index is 5.67.